The Morgan fingerprint density at radius 2 is 1.88 bits per heavy atom. The molecular weight excluding hydrogens is 422 g/mol. The summed E-state index contributed by atoms with van der Waals surface area (Å²) in [7, 11) is 1.65. The number of methoxy groups -OCH3 is 1. The zero-order valence-corrected chi connectivity index (χ0v) is 16.6. The molecule has 1 heterocycles. The van der Waals surface area contributed by atoms with E-state index >= 15 is 0 Å². The summed E-state index contributed by atoms with van der Waals surface area (Å²) in [5, 5.41) is 1.50. The fourth-order valence-electron chi connectivity index (χ4n) is 2.08. The summed E-state index contributed by atoms with van der Waals surface area (Å²) in [6.45, 7) is 0.585. The highest BCUT2D eigenvalue weighted by Crippen LogP contribution is 2.35. The molecule has 0 radical (unpaired) electrons. The summed E-state index contributed by atoms with van der Waals surface area (Å²) in [4.78, 5) is 5.49. The Morgan fingerprint density at radius 3 is 2.56 bits per heavy atom. The number of ether oxygens (including phenoxy) is 1. The molecule has 0 saturated carbocycles. The molecule has 128 valence electrons. The highest BCUT2D eigenvalue weighted by atomic mass is 79.9. The van der Waals surface area contributed by atoms with Crippen LogP contribution in [-0.4, -0.2) is 13.3 Å². The summed E-state index contributed by atoms with van der Waals surface area (Å²) >= 11 is 11.0. The van der Waals surface area contributed by atoms with E-state index in [2.05, 4.69) is 20.9 Å². The first-order valence-electron chi connectivity index (χ1n) is 7.49. The zero-order chi connectivity index (χ0) is 17.6. The second-order valence-corrected chi connectivity index (χ2v) is 7.50. The van der Waals surface area contributed by atoms with Crippen LogP contribution >= 0.6 is 39.3 Å². The number of nitrogens with zero attached hydrogens (tertiary/aromatic N) is 1. The second-order valence-electron chi connectivity index (χ2n) is 5.16. The van der Waals surface area contributed by atoms with Crippen molar-refractivity contribution in [3.8, 4) is 5.75 Å². The van der Waals surface area contributed by atoms with Crippen molar-refractivity contribution in [2.24, 2.45) is 4.99 Å². The van der Waals surface area contributed by atoms with Crippen molar-refractivity contribution in [1.29, 1.82) is 0 Å². The van der Waals surface area contributed by atoms with Crippen molar-refractivity contribution in [3.63, 3.8) is 0 Å². The minimum atomic E-state index is 0.585. The first kappa shape index (κ1) is 18.1. The summed E-state index contributed by atoms with van der Waals surface area (Å²) in [5.74, 6) is 1.54. The van der Waals surface area contributed by atoms with Crippen LogP contribution in [0.15, 0.2) is 78.5 Å². The first-order valence-corrected chi connectivity index (χ1v) is 9.48. The molecule has 0 atom stereocenters. The van der Waals surface area contributed by atoms with Crippen LogP contribution in [0.5, 0.6) is 5.75 Å². The lowest BCUT2D eigenvalue weighted by molar-refractivity contribution is 0.414. The van der Waals surface area contributed by atoms with Gasteiger partial charge in [0.05, 0.1) is 24.3 Å². The Hall–Kier alpha value is -1.69. The minimum absolute atomic E-state index is 0.585. The number of furan rings is 1. The second kappa shape index (κ2) is 8.61. The quantitative estimate of drug-likeness (QED) is 0.415. The average molecular weight is 437 g/mol. The third kappa shape index (κ3) is 5.14. The van der Waals surface area contributed by atoms with Gasteiger partial charge in [-0.1, -0.05) is 35.5 Å². The van der Waals surface area contributed by atoms with E-state index in [0.717, 1.165) is 25.8 Å². The fourth-order valence-corrected chi connectivity index (χ4v) is 3.54. The van der Waals surface area contributed by atoms with Gasteiger partial charge < -0.3 is 9.15 Å². The Labute approximate surface area is 164 Å². The number of rotatable bonds is 6. The number of hydrogen-bond acceptors (Lipinski definition) is 4. The Morgan fingerprint density at radius 1 is 1.16 bits per heavy atom. The molecule has 0 N–H and O–H groups in total. The molecule has 0 amide bonds. The van der Waals surface area contributed by atoms with Gasteiger partial charge in [0.2, 0.25) is 0 Å². The van der Waals surface area contributed by atoms with Gasteiger partial charge >= 0.3 is 0 Å². The fraction of sp³-hybridized carbons (Fsp3) is 0.105. The Kier molecular flexibility index (Phi) is 6.24. The van der Waals surface area contributed by atoms with Gasteiger partial charge in [-0.15, -0.1) is 0 Å². The van der Waals surface area contributed by atoms with Crippen molar-refractivity contribution in [2.75, 3.05) is 7.11 Å². The highest BCUT2D eigenvalue weighted by Gasteiger charge is 2.09. The van der Waals surface area contributed by atoms with Gasteiger partial charge in [0.15, 0.2) is 5.09 Å². The van der Waals surface area contributed by atoms with E-state index in [-0.39, 0.29) is 0 Å². The van der Waals surface area contributed by atoms with Crippen molar-refractivity contribution >= 4 is 45.5 Å². The lowest BCUT2D eigenvalue weighted by Crippen LogP contribution is -1.85. The van der Waals surface area contributed by atoms with Crippen LogP contribution in [0.2, 0.25) is 5.02 Å². The smallest absolute Gasteiger partial charge is 0.179 e. The molecule has 1 aromatic heterocycles. The maximum absolute atomic E-state index is 5.91. The molecule has 3 nitrogen and oxygen atoms in total. The van der Waals surface area contributed by atoms with Crippen LogP contribution < -0.4 is 4.74 Å². The minimum Gasteiger partial charge on any atom is -0.497 e. The molecule has 0 spiro atoms. The molecule has 0 unspecified atom stereocenters. The molecule has 0 aliphatic rings. The van der Waals surface area contributed by atoms with Gasteiger partial charge in [0.1, 0.15) is 11.5 Å². The monoisotopic (exact) mass is 435 g/mol. The van der Waals surface area contributed by atoms with Gasteiger partial charge in [-0.3, -0.25) is 4.99 Å². The molecular formula is C19H15BrClNO2S. The van der Waals surface area contributed by atoms with E-state index in [1.807, 2.05) is 54.6 Å². The van der Waals surface area contributed by atoms with E-state index in [0.29, 0.717) is 17.3 Å². The maximum Gasteiger partial charge on any atom is 0.179 e. The topological polar surface area (TPSA) is 34.7 Å². The molecule has 0 aliphatic heterocycles. The number of benzene rings is 2. The molecule has 6 heteroatoms. The van der Waals surface area contributed by atoms with Gasteiger partial charge in [-0.2, -0.15) is 0 Å². The van der Waals surface area contributed by atoms with Gasteiger partial charge in [0, 0.05) is 16.0 Å². The van der Waals surface area contributed by atoms with Crippen LogP contribution in [0.1, 0.15) is 11.3 Å². The van der Waals surface area contributed by atoms with E-state index in [4.69, 9.17) is 20.8 Å². The molecule has 0 aliphatic carbocycles. The number of aliphatic imine (C=N–C) groups is 1. The molecule has 3 rings (SSSR count). The predicted molar refractivity (Wildman–Crippen MR) is 106 cm³/mol. The van der Waals surface area contributed by atoms with E-state index in [1.54, 1.807) is 13.3 Å². The molecule has 0 fully saturated rings. The lowest BCUT2D eigenvalue weighted by Gasteiger charge is -2.00. The van der Waals surface area contributed by atoms with Crippen LogP contribution in [-0.2, 0) is 6.54 Å². The van der Waals surface area contributed by atoms with Gasteiger partial charge in [-0.05, 0) is 57.9 Å². The third-order valence-electron chi connectivity index (χ3n) is 3.35. The lowest BCUT2D eigenvalue weighted by atomic mass is 10.2. The summed E-state index contributed by atoms with van der Waals surface area (Å²) in [5.41, 5.74) is 1.11. The largest absolute Gasteiger partial charge is 0.497 e. The van der Waals surface area contributed by atoms with Crippen LogP contribution in [0.3, 0.4) is 0 Å². The first-order chi connectivity index (χ1) is 12.1. The predicted octanol–water partition coefficient (Wildman–Crippen LogP) is 6.47. The third-order valence-corrected chi connectivity index (χ3v) is 5.45. The Balaban J connectivity index is 1.63. The Bertz CT molecular complexity index is 860. The standard InChI is InChI=1S/C19H15BrClNO2S/c1-23-15-6-2-13(3-7-15)11-22-12-16-10-18(20)19(24-16)25-17-8-4-14(21)5-9-17/h2-10,12H,11H2,1H3. The number of hydrogen-bond donors (Lipinski definition) is 0. The van der Waals surface area contributed by atoms with E-state index in [9.17, 15) is 0 Å². The van der Waals surface area contributed by atoms with Crippen LogP contribution in [0, 0.1) is 0 Å². The van der Waals surface area contributed by atoms with Gasteiger partial charge in [-0.25, -0.2) is 0 Å². The molecule has 0 saturated heterocycles. The average Bonchev–Trinajstić information content (AvgIpc) is 2.97. The summed E-state index contributed by atoms with van der Waals surface area (Å²) in [6.07, 6.45) is 1.74. The SMILES string of the molecule is COc1ccc(CN=Cc2cc(Br)c(Sc3ccc(Cl)cc3)o2)cc1. The van der Waals surface area contributed by atoms with Crippen molar-refractivity contribution in [2.45, 2.75) is 16.5 Å². The molecule has 2 aromatic carbocycles. The molecule has 0 bridgehead atoms. The maximum atomic E-state index is 5.91. The van der Waals surface area contributed by atoms with Gasteiger partial charge in [0.25, 0.3) is 0 Å². The summed E-state index contributed by atoms with van der Waals surface area (Å²) < 4.78 is 11.9. The van der Waals surface area contributed by atoms with Crippen molar-refractivity contribution in [1.82, 2.24) is 0 Å². The molecule has 25 heavy (non-hydrogen) atoms. The number of halogens is 2. The highest BCUT2D eigenvalue weighted by molar-refractivity contribution is 9.10. The van der Waals surface area contributed by atoms with Crippen LogP contribution in [0.4, 0.5) is 0 Å². The zero-order valence-electron chi connectivity index (χ0n) is 13.4. The molecule has 3 aromatic rings. The van der Waals surface area contributed by atoms with Crippen molar-refractivity contribution < 1.29 is 9.15 Å². The van der Waals surface area contributed by atoms with Crippen molar-refractivity contribution in [3.05, 3.63) is 75.4 Å². The van der Waals surface area contributed by atoms with E-state index < -0.39 is 0 Å². The summed E-state index contributed by atoms with van der Waals surface area (Å²) in [6, 6.07) is 17.4. The van der Waals surface area contributed by atoms with E-state index in [1.165, 1.54) is 11.8 Å². The normalized spacial score (nSPS) is 11.2. The van der Waals surface area contributed by atoms with Crippen LogP contribution in [0.25, 0.3) is 0 Å².